The molecule has 1 aliphatic heterocycles. The fourth-order valence-corrected chi connectivity index (χ4v) is 3.61. The molecule has 0 saturated carbocycles. The molecule has 1 fully saturated rings. The van der Waals surface area contributed by atoms with Crippen molar-refractivity contribution in [3.05, 3.63) is 24.3 Å². The van der Waals surface area contributed by atoms with Crippen LogP contribution in [0.2, 0.25) is 0 Å². The zero-order chi connectivity index (χ0) is 13.9. The van der Waals surface area contributed by atoms with Crippen molar-refractivity contribution in [2.45, 2.75) is 30.7 Å². The summed E-state index contributed by atoms with van der Waals surface area (Å²) in [6.07, 6.45) is 1.73. The van der Waals surface area contributed by atoms with E-state index in [-0.39, 0.29) is 10.9 Å². The molecule has 0 bridgehead atoms. The highest BCUT2D eigenvalue weighted by molar-refractivity contribution is 7.89. The van der Waals surface area contributed by atoms with Crippen molar-refractivity contribution in [1.82, 2.24) is 9.62 Å². The topological polar surface area (TPSA) is 75.4 Å². The lowest BCUT2D eigenvalue weighted by atomic mass is 10.1. The predicted octanol–water partition coefficient (Wildman–Crippen LogP) is 1.03. The summed E-state index contributed by atoms with van der Waals surface area (Å²) >= 11 is 0. The first kappa shape index (κ1) is 14.3. The van der Waals surface area contributed by atoms with E-state index >= 15 is 0 Å². The molecule has 106 valence electrons. The van der Waals surface area contributed by atoms with Gasteiger partial charge in [-0.1, -0.05) is 6.92 Å². The van der Waals surface area contributed by atoms with Gasteiger partial charge in [0.15, 0.2) is 0 Å². The molecule has 0 spiro atoms. The van der Waals surface area contributed by atoms with Gasteiger partial charge in [0, 0.05) is 11.7 Å². The molecule has 6 heteroatoms. The molecule has 1 aromatic carbocycles. The Kier molecular flexibility index (Phi) is 4.44. The van der Waals surface area contributed by atoms with Gasteiger partial charge in [0.1, 0.15) is 0 Å². The average molecular weight is 283 g/mol. The molecule has 2 rings (SSSR count). The van der Waals surface area contributed by atoms with E-state index in [0.717, 1.165) is 32.5 Å². The maximum absolute atomic E-state index is 12.2. The van der Waals surface area contributed by atoms with Gasteiger partial charge in [0.2, 0.25) is 10.0 Å². The van der Waals surface area contributed by atoms with Crippen molar-refractivity contribution >= 4 is 15.7 Å². The molecule has 0 aliphatic carbocycles. The third-order valence-corrected chi connectivity index (χ3v) is 5.08. The maximum Gasteiger partial charge on any atom is 0.240 e. The molecule has 0 unspecified atom stereocenters. The largest absolute Gasteiger partial charge is 0.399 e. The van der Waals surface area contributed by atoms with E-state index in [0.29, 0.717) is 5.69 Å². The molecule has 1 aromatic rings. The number of nitrogens with two attached hydrogens (primary N) is 1. The van der Waals surface area contributed by atoms with Crippen LogP contribution in [0.3, 0.4) is 0 Å². The van der Waals surface area contributed by atoms with Gasteiger partial charge >= 0.3 is 0 Å². The van der Waals surface area contributed by atoms with E-state index in [1.54, 1.807) is 24.3 Å². The lowest BCUT2D eigenvalue weighted by Gasteiger charge is -2.31. The Morgan fingerprint density at radius 3 is 2.37 bits per heavy atom. The van der Waals surface area contributed by atoms with Gasteiger partial charge in [-0.2, -0.15) is 0 Å². The number of nitrogens with one attached hydrogen (secondary N) is 1. The molecule has 3 N–H and O–H groups in total. The van der Waals surface area contributed by atoms with Crippen LogP contribution in [0.1, 0.15) is 19.8 Å². The number of hydrogen-bond acceptors (Lipinski definition) is 4. The van der Waals surface area contributed by atoms with Crippen LogP contribution in [0.15, 0.2) is 29.2 Å². The minimum atomic E-state index is -3.42. The maximum atomic E-state index is 12.2. The van der Waals surface area contributed by atoms with Gasteiger partial charge < -0.3 is 10.6 Å². The third-order valence-electron chi connectivity index (χ3n) is 3.55. The molecule has 1 aliphatic rings. The molecule has 0 aromatic heterocycles. The number of nitrogens with zero attached hydrogens (tertiary/aromatic N) is 1. The second kappa shape index (κ2) is 5.90. The van der Waals surface area contributed by atoms with Crippen LogP contribution in [-0.4, -0.2) is 39.0 Å². The van der Waals surface area contributed by atoms with E-state index in [4.69, 9.17) is 5.73 Å². The Labute approximate surface area is 114 Å². The quantitative estimate of drug-likeness (QED) is 0.809. The second-order valence-electron chi connectivity index (χ2n) is 4.90. The van der Waals surface area contributed by atoms with Crippen molar-refractivity contribution in [2.24, 2.45) is 0 Å². The number of rotatable bonds is 4. The number of piperidine rings is 1. The van der Waals surface area contributed by atoms with Crippen molar-refractivity contribution < 1.29 is 8.42 Å². The van der Waals surface area contributed by atoms with Gasteiger partial charge in [0.05, 0.1) is 4.90 Å². The summed E-state index contributed by atoms with van der Waals surface area (Å²) in [7, 11) is -3.42. The van der Waals surface area contributed by atoms with Crippen molar-refractivity contribution in [2.75, 3.05) is 25.4 Å². The zero-order valence-electron chi connectivity index (χ0n) is 11.2. The lowest BCUT2D eigenvalue weighted by molar-refractivity contribution is 0.217. The summed E-state index contributed by atoms with van der Waals surface area (Å²) in [5.74, 6) is 0. The Bertz CT molecular complexity index is 505. The van der Waals surface area contributed by atoms with E-state index in [1.165, 1.54) is 0 Å². The third kappa shape index (κ3) is 3.68. The Hall–Kier alpha value is -1.11. The molecule has 1 heterocycles. The fraction of sp³-hybridized carbons (Fsp3) is 0.538. The van der Waals surface area contributed by atoms with Crippen LogP contribution in [0.4, 0.5) is 5.69 Å². The van der Waals surface area contributed by atoms with E-state index in [9.17, 15) is 8.42 Å². The molecular formula is C13H21N3O2S. The molecule has 1 saturated heterocycles. The number of sulfonamides is 1. The van der Waals surface area contributed by atoms with Crippen LogP contribution in [-0.2, 0) is 10.0 Å². The van der Waals surface area contributed by atoms with E-state index < -0.39 is 10.0 Å². The summed E-state index contributed by atoms with van der Waals surface area (Å²) in [6.45, 7) is 5.05. The van der Waals surface area contributed by atoms with Crippen LogP contribution >= 0.6 is 0 Å². The fourth-order valence-electron chi connectivity index (χ4n) is 2.30. The van der Waals surface area contributed by atoms with Crippen molar-refractivity contribution in [3.8, 4) is 0 Å². The number of hydrogen-bond donors (Lipinski definition) is 2. The zero-order valence-corrected chi connectivity index (χ0v) is 12.0. The van der Waals surface area contributed by atoms with Gasteiger partial charge in [-0.15, -0.1) is 0 Å². The molecule has 0 amide bonds. The van der Waals surface area contributed by atoms with Crippen LogP contribution in [0, 0.1) is 0 Å². The van der Waals surface area contributed by atoms with E-state index in [2.05, 4.69) is 16.5 Å². The lowest BCUT2D eigenvalue weighted by Crippen LogP contribution is -2.44. The van der Waals surface area contributed by atoms with Crippen molar-refractivity contribution in [3.63, 3.8) is 0 Å². The summed E-state index contributed by atoms with van der Waals surface area (Å²) in [4.78, 5) is 2.60. The first-order valence-electron chi connectivity index (χ1n) is 6.61. The molecule has 0 radical (unpaired) electrons. The number of anilines is 1. The first-order chi connectivity index (χ1) is 9.01. The average Bonchev–Trinajstić information content (AvgIpc) is 2.40. The minimum absolute atomic E-state index is 0.0327. The number of nitrogen functional groups attached to an aromatic ring is 1. The van der Waals surface area contributed by atoms with Crippen LogP contribution < -0.4 is 10.5 Å². The summed E-state index contributed by atoms with van der Waals surface area (Å²) in [5.41, 5.74) is 6.13. The number of benzene rings is 1. The van der Waals surface area contributed by atoms with Gasteiger partial charge in [-0.05, 0) is 56.7 Å². The van der Waals surface area contributed by atoms with Crippen LogP contribution in [0.5, 0.6) is 0 Å². The monoisotopic (exact) mass is 283 g/mol. The second-order valence-corrected chi connectivity index (χ2v) is 6.61. The molecular weight excluding hydrogens is 262 g/mol. The Morgan fingerprint density at radius 2 is 1.84 bits per heavy atom. The predicted molar refractivity (Wildman–Crippen MR) is 76.3 cm³/mol. The molecule has 0 atom stereocenters. The summed E-state index contributed by atoms with van der Waals surface area (Å²) in [5, 5.41) is 0. The van der Waals surface area contributed by atoms with Crippen molar-refractivity contribution in [1.29, 1.82) is 0 Å². The first-order valence-corrected chi connectivity index (χ1v) is 8.10. The standard InChI is InChI=1S/C13H21N3O2S/c1-2-16-9-7-12(8-10-16)15-19(17,18)13-5-3-11(14)4-6-13/h3-6,12,15H,2,7-10,14H2,1H3. The van der Waals surface area contributed by atoms with E-state index in [1.807, 2.05) is 0 Å². The SMILES string of the molecule is CCN1CCC(NS(=O)(=O)c2ccc(N)cc2)CC1. The highest BCUT2D eigenvalue weighted by atomic mass is 32.2. The Balaban J connectivity index is 2.00. The van der Waals surface area contributed by atoms with Crippen LogP contribution in [0.25, 0.3) is 0 Å². The normalized spacial score (nSPS) is 18.6. The smallest absolute Gasteiger partial charge is 0.240 e. The van der Waals surface area contributed by atoms with Gasteiger partial charge in [0.25, 0.3) is 0 Å². The minimum Gasteiger partial charge on any atom is -0.399 e. The molecule has 5 nitrogen and oxygen atoms in total. The summed E-state index contributed by atoms with van der Waals surface area (Å²) < 4.78 is 27.2. The highest BCUT2D eigenvalue weighted by Gasteiger charge is 2.23. The van der Waals surface area contributed by atoms with Gasteiger partial charge in [-0.3, -0.25) is 0 Å². The Morgan fingerprint density at radius 1 is 1.26 bits per heavy atom. The summed E-state index contributed by atoms with van der Waals surface area (Å²) in [6, 6.07) is 6.32. The molecule has 19 heavy (non-hydrogen) atoms. The highest BCUT2D eigenvalue weighted by Crippen LogP contribution is 2.15. The van der Waals surface area contributed by atoms with Gasteiger partial charge in [-0.25, -0.2) is 13.1 Å². The number of likely N-dealkylation sites (tertiary alicyclic amines) is 1.